The van der Waals surface area contributed by atoms with E-state index in [9.17, 15) is 0 Å². The molecule has 1 N–H and O–H groups in total. The van der Waals surface area contributed by atoms with E-state index in [2.05, 4.69) is 29.3 Å². The van der Waals surface area contributed by atoms with Gasteiger partial charge in [-0.1, -0.05) is 12.1 Å². The molecule has 3 unspecified atom stereocenters. The highest BCUT2D eigenvalue weighted by atomic mass is 16.5. The van der Waals surface area contributed by atoms with Crippen LogP contribution in [0, 0.1) is 0 Å². The molecule has 0 spiro atoms. The maximum absolute atomic E-state index is 5.99. The number of fused-ring (bicyclic) bond motifs is 1. The molecule has 1 aromatic rings. The third-order valence-corrected chi connectivity index (χ3v) is 4.73. The van der Waals surface area contributed by atoms with Crippen LogP contribution in [0.1, 0.15) is 31.4 Å². The molecule has 3 rings (SSSR count). The van der Waals surface area contributed by atoms with Gasteiger partial charge in [0, 0.05) is 25.2 Å². The van der Waals surface area contributed by atoms with Crippen molar-refractivity contribution < 1.29 is 9.47 Å². The Kier molecular flexibility index (Phi) is 4.78. The van der Waals surface area contributed by atoms with Gasteiger partial charge in [0.25, 0.3) is 0 Å². The summed E-state index contributed by atoms with van der Waals surface area (Å²) in [6, 6.07) is 9.28. The number of morpholine rings is 1. The molecule has 0 amide bonds. The Morgan fingerprint density at radius 2 is 2.19 bits per heavy atom. The van der Waals surface area contributed by atoms with Crippen LogP contribution in [0.25, 0.3) is 0 Å². The highest BCUT2D eigenvalue weighted by Gasteiger charge is 2.32. The molecule has 21 heavy (non-hydrogen) atoms. The van der Waals surface area contributed by atoms with Crippen molar-refractivity contribution in [1.82, 2.24) is 10.2 Å². The average molecular weight is 290 g/mol. The maximum atomic E-state index is 5.99. The summed E-state index contributed by atoms with van der Waals surface area (Å²) in [5.74, 6) is 0.904. The summed E-state index contributed by atoms with van der Waals surface area (Å²) in [5, 5.41) is 3.59. The number of nitrogens with one attached hydrogen (secondary N) is 1. The van der Waals surface area contributed by atoms with Crippen molar-refractivity contribution in [3.05, 3.63) is 29.8 Å². The summed E-state index contributed by atoms with van der Waals surface area (Å²) >= 11 is 0. The van der Waals surface area contributed by atoms with Gasteiger partial charge in [-0.15, -0.1) is 0 Å². The van der Waals surface area contributed by atoms with Crippen LogP contribution in [0.4, 0.5) is 0 Å². The van der Waals surface area contributed by atoms with E-state index in [1.807, 2.05) is 12.1 Å². The van der Waals surface area contributed by atoms with Gasteiger partial charge in [-0.25, -0.2) is 0 Å². The SMILES string of the molecule is COc1ccc(C(C)NCC2CN3CCCC3CO2)cc1. The molecule has 0 saturated carbocycles. The van der Waals surface area contributed by atoms with Crippen LogP contribution in [0.3, 0.4) is 0 Å². The Morgan fingerprint density at radius 3 is 2.95 bits per heavy atom. The summed E-state index contributed by atoms with van der Waals surface area (Å²) in [5.41, 5.74) is 1.28. The molecule has 4 heteroatoms. The minimum Gasteiger partial charge on any atom is -0.497 e. The minimum absolute atomic E-state index is 0.319. The number of ether oxygens (including phenoxy) is 2. The van der Waals surface area contributed by atoms with Gasteiger partial charge in [0.2, 0.25) is 0 Å². The first kappa shape index (κ1) is 14.8. The zero-order valence-corrected chi connectivity index (χ0v) is 13.0. The van der Waals surface area contributed by atoms with Crippen LogP contribution in [-0.2, 0) is 4.74 Å². The molecule has 2 heterocycles. The molecular weight excluding hydrogens is 264 g/mol. The van der Waals surface area contributed by atoms with Crippen molar-refractivity contribution in [1.29, 1.82) is 0 Å². The smallest absolute Gasteiger partial charge is 0.118 e. The third kappa shape index (κ3) is 3.57. The van der Waals surface area contributed by atoms with Gasteiger partial charge in [0.05, 0.1) is 19.8 Å². The van der Waals surface area contributed by atoms with E-state index in [0.29, 0.717) is 18.2 Å². The molecule has 0 aromatic heterocycles. The molecule has 0 aliphatic carbocycles. The number of rotatable bonds is 5. The third-order valence-electron chi connectivity index (χ3n) is 4.73. The topological polar surface area (TPSA) is 33.7 Å². The predicted molar refractivity (Wildman–Crippen MR) is 83.7 cm³/mol. The molecule has 0 bridgehead atoms. The second kappa shape index (κ2) is 6.77. The van der Waals surface area contributed by atoms with E-state index in [-0.39, 0.29) is 0 Å². The number of benzene rings is 1. The second-order valence-corrected chi connectivity index (χ2v) is 6.15. The van der Waals surface area contributed by atoms with Crippen LogP contribution in [-0.4, -0.2) is 50.4 Å². The second-order valence-electron chi connectivity index (χ2n) is 6.15. The number of hydrogen-bond donors (Lipinski definition) is 1. The van der Waals surface area contributed by atoms with E-state index in [0.717, 1.165) is 25.4 Å². The Balaban J connectivity index is 1.47. The molecular formula is C17H26N2O2. The van der Waals surface area contributed by atoms with Crippen molar-refractivity contribution in [3.8, 4) is 5.75 Å². The first-order chi connectivity index (χ1) is 10.3. The van der Waals surface area contributed by atoms with E-state index in [1.54, 1.807) is 7.11 Å². The lowest BCUT2D eigenvalue weighted by atomic mass is 10.1. The summed E-state index contributed by atoms with van der Waals surface area (Å²) in [4.78, 5) is 2.59. The number of hydrogen-bond acceptors (Lipinski definition) is 4. The van der Waals surface area contributed by atoms with Gasteiger partial charge < -0.3 is 14.8 Å². The van der Waals surface area contributed by atoms with Crippen LogP contribution in [0.2, 0.25) is 0 Å². The summed E-state index contributed by atoms with van der Waals surface area (Å²) in [6.07, 6.45) is 2.96. The van der Waals surface area contributed by atoms with E-state index < -0.39 is 0 Å². The lowest BCUT2D eigenvalue weighted by Crippen LogP contribution is -2.49. The Morgan fingerprint density at radius 1 is 1.38 bits per heavy atom. The maximum Gasteiger partial charge on any atom is 0.118 e. The molecule has 116 valence electrons. The Bertz CT molecular complexity index is 449. The quantitative estimate of drug-likeness (QED) is 0.901. The molecule has 1 aromatic carbocycles. The lowest BCUT2D eigenvalue weighted by Gasteiger charge is -2.35. The molecule has 2 saturated heterocycles. The Hall–Kier alpha value is -1.10. The molecule has 2 aliphatic rings. The van der Waals surface area contributed by atoms with Crippen LogP contribution < -0.4 is 10.1 Å². The van der Waals surface area contributed by atoms with Crippen LogP contribution >= 0.6 is 0 Å². The highest BCUT2D eigenvalue weighted by Crippen LogP contribution is 2.23. The molecule has 2 aliphatic heterocycles. The standard InChI is InChI=1S/C17H26N2O2/c1-13(14-5-7-16(20-2)8-6-14)18-10-17-11-19-9-3-4-15(19)12-21-17/h5-8,13,15,17-18H,3-4,9-12H2,1-2H3. The fourth-order valence-corrected chi connectivity index (χ4v) is 3.33. The summed E-state index contributed by atoms with van der Waals surface area (Å²) in [7, 11) is 1.70. The van der Waals surface area contributed by atoms with Crippen molar-refractivity contribution >= 4 is 0 Å². The normalized spacial score (nSPS) is 27.3. The monoisotopic (exact) mass is 290 g/mol. The van der Waals surface area contributed by atoms with Gasteiger partial charge in [-0.3, -0.25) is 4.90 Å². The molecule has 0 radical (unpaired) electrons. The first-order valence-corrected chi connectivity index (χ1v) is 7.99. The van der Waals surface area contributed by atoms with Gasteiger partial charge in [0.15, 0.2) is 0 Å². The Labute approximate surface area is 127 Å². The van der Waals surface area contributed by atoms with Gasteiger partial charge in [-0.2, -0.15) is 0 Å². The van der Waals surface area contributed by atoms with E-state index in [4.69, 9.17) is 9.47 Å². The largest absolute Gasteiger partial charge is 0.497 e. The molecule has 3 atom stereocenters. The highest BCUT2D eigenvalue weighted by molar-refractivity contribution is 5.28. The van der Waals surface area contributed by atoms with Crippen molar-refractivity contribution in [2.45, 2.75) is 38.0 Å². The predicted octanol–water partition coefficient (Wildman–Crippen LogP) is 2.21. The van der Waals surface area contributed by atoms with Crippen LogP contribution in [0.15, 0.2) is 24.3 Å². The zero-order valence-electron chi connectivity index (χ0n) is 13.0. The summed E-state index contributed by atoms with van der Waals surface area (Å²) < 4.78 is 11.2. The molecule has 2 fully saturated rings. The zero-order chi connectivity index (χ0) is 14.7. The average Bonchev–Trinajstić information content (AvgIpc) is 3.00. The number of nitrogens with zero attached hydrogens (tertiary/aromatic N) is 1. The lowest BCUT2D eigenvalue weighted by molar-refractivity contribution is -0.0477. The van der Waals surface area contributed by atoms with Gasteiger partial charge in [-0.05, 0) is 44.0 Å². The number of methoxy groups -OCH3 is 1. The first-order valence-electron chi connectivity index (χ1n) is 7.99. The van der Waals surface area contributed by atoms with Gasteiger partial charge >= 0.3 is 0 Å². The van der Waals surface area contributed by atoms with E-state index >= 15 is 0 Å². The van der Waals surface area contributed by atoms with Crippen LogP contribution in [0.5, 0.6) is 5.75 Å². The van der Waals surface area contributed by atoms with Crippen molar-refractivity contribution in [3.63, 3.8) is 0 Å². The van der Waals surface area contributed by atoms with Gasteiger partial charge in [0.1, 0.15) is 5.75 Å². The fourth-order valence-electron chi connectivity index (χ4n) is 3.33. The fraction of sp³-hybridized carbons (Fsp3) is 0.647. The van der Waals surface area contributed by atoms with Crippen molar-refractivity contribution in [2.75, 3.05) is 33.4 Å². The summed E-state index contributed by atoms with van der Waals surface area (Å²) in [6.45, 7) is 6.34. The molecule has 4 nitrogen and oxygen atoms in total. The van der Waals surface area contributed by atoms with Crippen molar-refractivity contribution in [2.24, 2.45) is 0 Å². The minimum atomic E-state index is 0.319. The van der Waals surface area contributed by atoms with E-state index in [1.165, 1.54) is 24.9 Å².